The van der Waals surface area contributed by atoms with Gasteiger partial charge in [-0.15, -0.1) is 95.9 Å². The number of hydrogen-bond donors (Lipinski definition) is 0. The molecular weight excluding hydrogens is 812 g/mol. The van der Waals surface area contributed by atoms with Gasteiger partial charge in [0.15, 0.2) is 12.4 Å². The van der Waals surface area contributed by atoms with Crippen molar-refractivity contribution >= 4 is 118 Å². The number of rotatable bonds is 6. The van der Waals surface area contributed by atoms with E-state index in [9.17, 15) is 0 Å². The van der Waals surface area contributed by atoms with Crippen LogP contribution in [0, 0.1) is 0 Å². The van der Waals surface area contributed by atoms with Gasteiger partial charge in [-0.05, 0) is 30.7 Å². The summed E-state index contributed by atoms with van der Waals surface area (Å²) in [4.78, 5) is 0. The zero-order chi connectivity index (χ0) is 16.9. The highest BCUT2D eigenvalue weighted by atomic mass is 127. The summed E-state index contributed by atoms with van der Waals surface area (Å²) in [6.07, 6.45) is 8.06. The Kier molecular flexibility index (Phi) is 15.2. The van der Waals surface area contributed by atoms with Crippen LogP contribution in [0.1, 0.15) is 19.3 Å². The second kappa shape index (κ2) is 15.1. The number of pyridine rings is 2. The van der Waals surface area contributed by atoms with Crippen molar-refractivity contribution in [2.45, 2.75) is 32.4 Å². The molecule has 0 atom stereocenters. The molecule has 0 spiro atoms. The Balaban J connectivity index is 0.00000196. The van der Waals surface area contributed by atoms with Gasteiger partial charge in [0, 0.05) is 47.9 Å². The van der Waals surface area contributed by atoms with Crippen LogP contribution in [0.2, 0.25) is 0 Å². The molecule has 0 aliphatic rings. The van der Waals surface area contributed by atoms with Crippen molar-refractivity contribution in [3.8, 4) is 0 Å². The third-order valence-corrected chi connectivity index (χ3v) is 4.87. The lowest BCUT2D eigenvalue weighted by Crippen LogP contribution is -2.35. The molecule has 0 N–H and O–H groups in total. The van der Waals surface area contributed by atoms with Gasteiger partial charge in [-0.3, -0.25) is 0 Å². The summed E-state index contributed by atoms with van der Waals surface area (Å²) in [6, 6.07) is 25.9. The number of fused-ring (bicyclic) bond motifs is 2. The number of aromatic nitrogens is 2. The Morgan fingerprint density at radius 3 is 1.28 bits per heavy atom. The number of nitrogens with zero attached hydrogens (tertiary/aromatic N) is 2. The lowest BCUT2D eigenvalue weighted by atomic mass is 10.2. The second-order valence-corrected chi connectivity index (χ2v) is 6.58. The first-order chi connectivity index (χ1) is 12.4. The van der Waals surface area contributed by atoms with Crippen molar-refractivity contribution in [2.75, 3.05) is 0 Å². The number of benzene rings is 2. The molecule has 2 aromatic heterocycles. The topological polar surface area (TPSA) is 7.76 Å². The van der Waals surface area contributed by atoms with Crippen LogP contribution in [0.4, 0.5) is 0 Å². The minimum atomic E-state index is 0. The summed E-state index contributed by atoms with van der Waals surface area (Å²) >= 11 is 0. The van der Waals surface area contributed by atoms with E-state index in [-0.39, 0.29) is 95.9 Å². The lowest BCUT2D eigenvalue weighted by Gasteiger charge is -2.02. The van der Waals surface area contributed by atoms with Crippen LogP contribution in [0.25, 0.3) is 21.8 Å². The van der Waals surface area contributed by atoms with E-state index in [0.717, 1.165) is 13.1 Å². The Labute approximate surface area is 241 Å². The standard InChI is InChI=1S/C23H24N2.4HI/c1(6-16-24-18-8-12-20-10-2-4-14-22(20)24)7-17-25-19-9-13-21-11-3-5-15-23(21)25;;;;/h2-5,8-15,18-19H,1,6-7,16-17H2;4*1H/q+2;;;;. The van der Waals surface area contributed by atoms with Crippen LogP contribution in [-0.4, -0.2) is 0 Å². The van der Waals surface area contributed by atoms with E-state index >= 15 is 0 Å². The lowest BCUT2D eigenvalue weighted by molar-refractivity contribution is -0.675. The van der Waals surface area contributed by atoms with Gasteiger partial charge < -0.3 is 0 Å². The van der Waals surface area contributed by atoms with Crippen molar-refractivity contribution in [2.24, 2.45) is 0 Å². The molecule has 0 radical (unpaired) electrons. The van der Waals surface area contributed by atoms with Crippen molar-refractivity contribution in [1.82, 2.24) is 0 Å². The van der Waals surface area contributed by atoms with Gasteiger partial charge in [0.25, 0.3) is 0 Å². The van der Waals surface area contributed by atoms with Gasteiger partial charge in [0.2, 0.25) is 11.0 Å². The van der Waals surface area contributed by atoms with Crippen LogP contribution in [0.15, 0.2) is 85.2 Å². The zero-order valence-corrected chi connectivity index (χ0v) is 25.5. The number of halogens is 4. The van der Waals surface area contributed by atoms with E-state index in [1.807, 2.05) is 0 Å². The Hall–Kier alpha value is 0.180. The quantitative estimate of drug-likeness (QED) is 0.113. The summed E-state index contributed by atoms with van der Waals surface area (Å²) in [5, 5.41) is 2.63. The highest BCUT2D eigenvalue weighted by Gasteiger charge is 2.09. The molecule has 2 nitrogen and oxygen atoms in total. The summed E-state index contributed by atoms with van der Waals surface area (Å²) in [5.74, 6) is 0. The van der Waals surface area contributed by atoms with Crippen molar-refractivity contribution in [1.29, 1.82) is 0 Å². The van der Waals surface area contributed by atoms with Crippen molar-refractivity contribution in [3.05, 3.63) is 85.2 Å². The number of para-hydroxylation sites is 2. The maximum absolute atomic E-state index is 2.38. The predicted molar refractivity (Wildman–Crippen MR) is 164 cm³/mol. The van der Waals surface area contributed by atoms with E-state index < -0.39 is 0 Å². The minimum Gasteiger partial charge on any atom is -0.198 e. The first-order valence-electron chi connectivity index (χ1n) is 9.16. The van der Waals surface area contributed by atoms with Crippen LogP contribution >= 0.6 is 95.9 Å². The molecule has 6 heteroatoms. The van der Waals surface area contributed by atoms with Gasteiger partial charge in [0.05, 0.1) is 0 Å². The fourth-order valence-electron chi connectivity index (χ4n) is 3.57. The molecule has 0 bridgehead atoms. The molecule has 0 unspecified atom stereocenters. The minimum absolute atomic E-state index is 0. The molecule has 0 aliphatic carbocycles. The van der Waals surface area contributed by atoms with Crippen molar-refractivity contribution in [3.63, 3.8) is 0 Å². The average Bonchev–Trinajstić information content (AvgIpc) is 2.68. The Bertz CT molecular complexity index is 916. The first-order valence-corrected chi connectivity index (χ1v) is 9.16. The molecule has 0 saturated heterocycles. The molecule has 4 rings (SSSR count). The Morgan fingerprint density at radius 2 is 0.828 bits per heavy atom. The number of aryl methyl sites for hydroxylation is 2. The largest absolute Gasteiger partial charge is 0.212 e. The van der Waals surface area contributed by atoms with Gasteiger partial charge in [0.1, 0.15) is 13.1 Å². The highest BCUT2D eigenvalue weighted by molar-refractivity contribution is 14.0. The number of unbranched alkanes of at least 4 members (excludes halogenated alkanes) is 2. The smallest absolute Gasteiger partial charge is 0.198 e. The summed E-state index contributed by atoms with van der Waals surface area (Å²) in [5.41, 5.74) is 2.65. The molecule has 2 heterocycles. The molecule has 4 aromatic rings. The third kappa shape index (κ3) is 7.67. The fraction of sp³-hybridized carbons (Fsp3) is 0.217. The molecule has 29 heavy (non-hydrogen) atoms. The molecule has 0 aliphatic heterocycles. The van der Waals surface area contributed by atoms with Crippen LogP contribution < -0.4 is 9.13 Å². The second-order valence-electron chi connectivity index (χ2n) is 6.58. The van der Waals surface area contributed by atoms with E-state index in [2.05, 4.69) is 94.3 Å². The van der Waals surface area contributed by atoms with E-state index in [0.29, 0.717) is 0 Å². The van der Waals surface area contributed by atoms with Crippen LogP contribution in [0.3, 0.4) is 0 Å². The maximum atomic E-state index is 2.38. The number of hydrogen-bond acceptors (Lipinski definition) is 0. The molecule has 0 amide bonds. The average molecular weight is 840 g/mol. The van der Waals surface area contributed by atoms with E-state index in [1.165, 1.54) is 41.1 Å². The molecule has 2 aromatic carbocycles. The third-order valence-electron chi connectivity index (χ3n) is 4.87. The summed E-state index contributed by atoms with van der Waals surface area (Å²) < 4.78 is 4.75. The molecular formula is C23H28I4N2+2. The normalized spacial score (nSPS) is 9.66. The zero-order valence-electron chi connectivity index (χ0n) is 16.1. The fourth-order valence-corrected chi connectivity index (χ4v) is 3.57. The predicted octanol–water partition coefficient (Wildman–Crippen LogP) is 6.91. The van der Waals surface area contributed by atoms with Gasteiger partial charge in [-0.25, -0.2) is 0 Å². The molecule has 0 fully saturated rings. The van der Waals surface area contributed by atoms with Gasteiger partial charge in [-0.2, -0.15) is 9.13 Å². The summed E-state index contributed by atoms with van der Waals surface area (Å²) in [6.45, 7) is 2.17. The molecule has 156 valence electrons. The molecule has 0 saturated carbocycles. The Morgan fingerprint density at radius 1 is 0.448 bits per heavy atom. The van der Waals surface area contributed by atoms with Gasteiger partial charge in [-0.1, -0.05) is 24.3 Å². The van der Waals surface area contributed by atoms with Gasteiger partial charge >= 0.3 is 0 Å². The highest BCUT2D eigenvalue weighted by Crippen LogP contribution is 2.10. The summed E-state index contributed by atoms with van der Waals surface area (Å²) in [7, 11) is 0. The maximum Gasteiger partial charge on any atom is 0.212 e. The first kappa shape index (κ1) is 29.2. The van der Waals surface area contributed by atoms with Crippen LogP contribution in [-0.2, 0) is 13.1 Å². The van der Waals surface area contributed by atoms with Crippen molar-refractivity contribution < 1.29 is 9.13 Å². The monoisotopic (exact) mass is 840 g/mol. The SMILES string of the molecule is I.I.I.I.c1ccc2c(c1)ccc[n+]2CCCCC[n+]1cccc2ccccc21. The van der Waals surface area contributed by atoms with E-state index in [4.69, 9.17) is 0 Å². The van der Waals surface area contributed by atoms with Crippen LogP contribution in [0.5, 0.6) is 0 Å². The van der Waals surface area contributed by atoms with E-state index in [1.54, 1.807) is 0 Å².